The average molecular weight is 359 g/mol. The molecule has 3 aromatic carbocycles. The van der Waals surface area contributed by atoms with Gasteiger partial charge in [-0.2, -0.15) is 5.10 Å². The Bertz CT molecular complexity index is 956. The van der Waals surface area contributed by atoms with Gasteiger partial charge in [0.2, 0.25) is 0 Å². The van der Waals surface area contributed by atoms with Crippen LogP contribution in [0.4, 0.5) is 17.1 Å². The van der Waals surface area contributed by atoms with E-state index in [0.29, 0.717) is 12.3 Å². The summed E-state index contributed by atoms with van der Waals surface area (Å²) in [5.74, 6) is 0.406. The van der Waals surface area contributed by atoms with Crippen LogP contribution in [0.3, 0.4) is 0 Å². The predicted molar refractivity (Wildman–Crippen MR) is 105 cm³/mol. The fourth-order valence-electron chi connectivity index (χ4n) is 2.33. The first kappa shape index (κ1) is 17.9. The molecule has 134 valence electrons. The van der Waals surface area contributed by atoms with Crippen LogP contribution in [0, 0.1) is 10.1 Å². The second kappa shape index (κ2) is 9.00. The van der Waals surface area contributed by atoms with Crippen LogP contribution < -0.4 is 5.43 Å². The SMILES string of the molecule is O=[N+]([O-])c1ccccc1N=NC(Cc1ccccc1)=NNc1ccccc1. The maximum atomic E-state index is 11.1. The molecule has 7 heteroatoms. The van der Waals surface area contributed by atoms with Gasteiger partial charge < -0.3 is 0 Å². The molecule has 3 rings (SSSR count). The summed E-state index contributed by atoms with van der Waals surface area (Å²) >= 11 is 0. The van der Waals surface area contributed by atoms with Crippen molar-refractivity contribution in [1.29, 1.82) is 0 Å². The summed E-state index contributed by atoms with van der Waals surface area (Å²) in [5, 5.41) is 23.6. The number of azo groups is 1. The summed E-state index contributed by atoms with van der Waals surface area (Å²) in [7, 11) is 0. The van der Waals surface area contributed by atoms with Crippen molar-refractivity contribution in [3.05, 3.63) is 101 Å². The standard InChI is InChI=1S/C20H17N5O2/c26-25(27)19-14-8-7-13-18(19)22-24-20(15-16-9-3-1-4-10-16)23-21-17-11-5-2-6-12-17/h1-14,21H,15H2. The van der Waals surface area contributed by atoms with Gasteiger partial charge >= 0.3 is 0 Å². The molecule has 0 fully saturated rings. The number of hydrazone groups is 1. The van der Waals surface area contributed by atoms with Crippen LogP contribution in [0.25, 0.3) is 0 Å². The molecule has 0 saturated heterocycles. The minimum absolute atomic E-state index is 0.101. The van der Waals surface area contributed by atoms with Crippen molar-refractivity contribution in [3.63, 3.8) is 0 Å². The van der Waals surface area contributed by atoms with Crippen molar-refractivity contribution in [3.8, 4) is 0 Å². The number of rotatable bonds is 6. The summed E-state index contributed by atoms with van der Waals surface area (Å²) in [4.78, 5) is 10.6. The van der Waals surface area contributed by atoms with Gasteiger partial charge in [-0.15, -0.1) is 10.2 Å². The molecule has 0 spiro atoms. The highest BCUT2D eigenvalue weighted by molar-refractivity contribution is 5.85. The number of nitrogens with one attached hydrogen (secondary N) is 1. The molecule has 0 aromatic heterocycles. The van der Waals surface area contributed by atoms with E-state index in [9.17, 15) is 10.1 Å². The third kappa shape index (κ3) is 5.30. The van der Waals surface area contributed by atoms with Gasteiger partial charge in [0.25, 0.3) is 5.69 Å². The van der Waals surface area contributed by atoms with Crippen molar-refractivity contribution in [1.82, 2.24) is 0 Å². The molecule has 0 aliphatic heterocycles. The van der Waals surface area contributed by atoms with Crippen LogP contribution in [0.5, 0.6) is 0 Å². The van der Waals surface area contributed by atoms with E-state index in [1.165, 1.54) is 6.07 Å². The lowest BCUT2D eigenvalue weighted by Gasteiger charge is -2.03. The lowest BCUT2D eigenvalue weighted by molar-refractivity contribution is -0.384. The molecule has 0 atom stereocenters. The lowest BCUT2D eigenvalue weighted by Crippen LogP contribution is -2.03. The van der Waals surface area contributed by atoms with E-state index in [-0.39, 0.29) is 11.4 Å². The molecular weight excluding hydrogens is 342 g/mol. The molecule has 0 heterocycles. The molecule has 0 unspecified atom stereocenters. The normalized spacial score (nSPS) is 11.5. The topological polar surface area (TPSA) is 92.2 Å². The van der Waals surface area contributed by atoms with Gasteiger partial charge in [-0.1, -0.05) is 60.7 Å². The van der Waals surface area contributed by atoms with E-state index in [2.05, 4.69) is 20.8 Å². The summed E-state index contributed by atoms with van der Waals surface area (Å²) < 4.78 is 0. The number of nitro groups is 1. The molecule has 27 heavy (non-hydrogen) atoms. The Morgan fingerprint density at radius 3 is 2.22 bits per heavy atom. The second-order valence-corrected chi connectivity index (χ2v) is 5.61. The molecule has 0 bridgehead atoms. The minimum atomic E-state index is -0.482. The molecule has 0 saturated carbocycles. The highest BCUT2D eigenvalue weighted by Crippen LogP contribution is 2.26. The first-order valence-electron chi connectivity index (χ1n) is 8.29. The lowest BCUT2D eigenvalue weighted by atomic mass is 10.1. The molecule has 0 radical (unpaired) electrons. The van der Waals surface area contributed by atoms with E-state index in [0.717, 1.165) is 11.3 Å². The van der Waals surface area contributed by atoms with E-state index >= 15 is 0 Å². The van der Waals surface area contributed by atoms with Gasteiger partial charge in [0.1, 0.15) is 0 Å². The number of benzene rings is 3. The van der Waals surface area contributed by atoms with Crippen molar-refractivity contribution in [2.45, 2.75) is 6.42 Å². The zero-order valence-electron chi connectivity index (χ0n) is 14.4. The van der Waals surface area contributed by atoms with E-state index in [4.69, 9.17) is 0 Å². The van der Waals surface area contributed by atoms with Gasteiger partial charge in [-0.25, -0.2) is 0 Å². The second-order valence-electron chi connectivity index (χ2n) is 5.61. The largest absolute Gasteiger partial charge is 0.296 e. The molecule has 0 amide bonds. The van der Waals surface area contributed by atoms with Gasteiger partial charge in [0.05, 0.1) is 10.6 Å². The van der Waals surface area contributed by atoms with Crippen molar-refractivity contribution in [2.75, 3.05) is 5.43 Å². The number of para-hydroxylation sites is 2. The molecule has 3 aromatic rings. The Hall–Kier alpha value is -3.87. The monoisotopic (exact) mass is 359 g/mol. The fraction of sp³-hybridized carbons (Fsp3) is 0.0500. The van der Waals surface area contributed by atoms with Crippen LogP contribution >= 0.6 is 0 Å². The van der Waals surface area contributed by atoms with Crippen LogP contribution in [0.2, 0.25) is 0 Å². The first-order chi connectivity index (χ1) is 13.2. The predicted octanol–water partition coefficient (Wildman–Crippen LogP) is 5.35. The van der Waals surface area contributed by atoms with E-state index in [1.807, 2.05) is 60.7 Å². The average Bonchev–Trinajstić information content (AvgIpc) is 2.71. The fourth-order valence-corrected chi connectivity index (χ4v) is 2.33. The van der Waals surface area contributed by atoms with Gasteiger partial charge in [0, 0.05) is 12.5 Å². The zero-order valence-corrected chi connectivity index (χ0v) is 14.4. The van der Waals surface area contributed by atoms with Crippen LogP contribution in [-0.4, -0.2) is 10.8 Å². The van der Waals surface area contributed by atoms with Gasteiger partial charge in [-0.05, 0) is 23.8 Å². The van der Waals surface area contributed by atoms with Gasteiger partial charge in [0.15, 0.2) is 11.5 Å². The number of hydrogen-bond acceptors (Lipinski definition) is 5. The van der Waals surface area contributed by atoms with Crippen molar-refractivity contribution < 1.29 is 4.92 Å². The van der Waals surface area contributed by atoms with E-state index in [1.54, 1.807) is 18.2 Å². The molecule has 0 aliphatic carbocycles. The molecule has 7 nitrogen and oxygen atoms in total. The van der Waals surface area contributed by atoms with Crippen molar-refractivity contribution >= 4 is 22.9 Å². The maximum absolute atomic E-state index is 11.1. The van der Waals surface area contributed by atoms with Crippen LogP contribution in [0.1, 0.15) is 5.56 Å². The Labute approximate surface area is 156 Å². The summed E-state index contributed by atoms with van der Waals surface area (Å²) in [6.45, 7) is 0. The Kier molecular flexibility index (Phi) is 5.98. The quantitative estimate of drug-likeness (QED) is 0.211. The number of nitro benzene ring substituents is 1. The summed E-state index contributed by atoms with van der Waals surface area (Å²) in [6.07, 6.45) is 0.435. The highest BCUT2D eigenvalue weighted by atomic mass is 16.6. The Morgan fingerprint density at radius 1 is 0.889 bits per heavy atom. The Balaban J connectivity index is 1.86. The summed E-state index contributed by atoms with van der Waals surface area (Å²) in [5.41, 5.74) is 4.84. The number of amidine groups is 1. The van der Waals surface area contributed by atoms with Crippen molar-refractivity contribution in [2.24, 2.45) is 15.3 Å². The third-order valence-corrected chi connectivity index (χ3v) is 3.64. The molecule has 0 aliphatic rings. The maximum Gasteiger partial charge on any atom is 0.296 e. The Morgan fingerprint density at radius 2 is 1.52 bits per heavy atom. The minimum Gasteiger partial charge on any atom is -0.277 e. The van der Waals surface area contributed by atoms with Gasteiger partial charge in [-0.3, -0.25) is 15.5 Å². The highest BCUT2D eigenvalue weighted by Gasteiger charge is 2.12. The van der Waals surface area contributed by atoms with Crippen LogP contribution in [0.15, 0.2) is 100 Å². The van der Waals surface area contributed by atoms with E-state index < -0.39 is 4.92 Å². The summed E-state index contributed by atoms with van der Waals surface area (Å²) in [6, 6.07) is 25.4. The zero-order chi connectivity index (χ0) is 18.9. The molecule has 1 N–H and O–H groups in total. The third-order valence-electron chi connectivity index (χ3n) is 3.64. The smallest absolute Gasteiger partial charge is 0.277 e. The number of nitrogens with zero attached hydrogens (tertiary/aromatic N) is 4. The number of hydrogen-bond donors (Lipinski definition) is 1. The number of anilines is 1. The van der Waals surface area contributed by atoms with Crippen LogP contribution in [-0.2, 0) is 6.42 Å². The first-order valence-corrected chi connectivity index (χ1v) is 8.29. The molecular formula is C20H17N5O2.